The number of nitrogens with two attached hydrogens (primary N) is 1. The van der Waals surface area contributed by atoms with Crippen LogP contribution in [-0.2, 0) is 11.2 Å². The largest absolute Gasteiger partial charge is 0.493 e. The van der Waals surface area contributed by atoms with Crippen molar-refractivity contribution in [1.82, 2.24) is 24.7 Å². The van der Waals surface area contributed by atoms with Crippen LogP contribution >= 0.6 is 0 Å². The minimum atomic E-state index is -0.990. The average Bonchev–Trinajstić information content (AvgIpc) is 3.29. The van der Waals surface area contributed by atoms with Gasteiger partial charge in [-0.25, -0.2) is 19.2 Å². The van der Waals surface area contributed by atoms with Gasteiger partial charge < -0.3 is 20.3 Å². The van der Waals surface area contributed by atoms with Gasteiger partial charge in [0.05, 0.1) is 7.11 Å². The van der Waals surface area contributed by atoms with Gasteiger partial charge in [0.15, 0.2) is 11.5 Å². The van der Waals surface area contributed by atoms with Crippen LogP contribution in [0.1, 0.15) is 35.4 Å². The molecule has 1 unspecified atom stereocenters. The van der Waals surface area contributed by atoms with Crippen LogP contribution in [0.3, 0.4) is 0 Å². The van der Waals surface area contributed by atoms with Crippen molar-refractivity contribution >= 4 is 11.8 Å². The molecule has 0 bridgehead atoms. The normalized spacial score (nSPS) is 11.1. The number of carbonyl (C=O) groups is 1. The number of nitrogens with one attached hydrogen (secondary N) is 2. The van der Waals surface area contributed by atoms with Gasteiger partial charge in [0, 0.05) is 30.8 Å². The number of alkyl halides is 1. The summed E-state index contributed by atoms with van der Waals surface area (Å²) in [7, 11) is 1.46. The molecule has 0 amide bonds. The SMILES string of the molecule is CC(=O)O.COc1cc(C(Cc2ccc(C(=N)N)cc2)c2nn(-c3ncccn3)c(=O)[nH]2)ccc1OCF. The molecule has 38 heavy (non-hydrogen) atoms. The quantitative estimate of drug-likeness (QED) is 0.189. The van der Waals surface area contributed by atoms with Gasteiger partial charge in [0.25, 0.3) is 11.9 Å². The van der Waals surface area contributed by atoms with Crippen molar-refractivity contribution in [3.05, 3.63) is 93.9 Å². The summed E-state index contributed by atoms with van der Waals surface area (Å²) in [5.74, 6) is -0.134. The van der Waals surface area contributed by atoms with Crippen LogP contribution in [0.4, 0.5) is 4.39 Å². The number of amidine groups is 1. The summed E-state index contributed by atoms with van der Waals surface area (Å²) in [6, 6.07) is 14.0. The lowest BCUT2D eigenvalue weighted by Crippen LogP contribution is -2.18. The number of aromatic nitrogens is 5. The first-order chi connectivity index (χ1) is 18.2. The highest BCUT2D eigenvalue weighted by Gasteiger charge is 2.23. The Bertz CT molecular complexity index is 1430. The summed E-state index contributed by atoms with van der Waals surface area (Å²) in [6.45, 7) is 0.0937. The van der Waals surface area contributed by atoms with Crippen molar-refractivity contribution < 1.29 is 23.8 Å². The van der Waals surface area contributed by atoms with Gasteiger partial charge in [-0.15, -0.1) is 9.78 Å². The highest BCUT2D eigenvalue weighted by molar-refractivity contribution is 5.94. The molecule has 4 aromatic rings. The Morgan fingerprint density at radius 1 is 1.18 bits per heavy atom. The van der Waals surface area contributed by atoms with Crippen molar-refractivity contribution in [3.63, 3.8) is 0 Å². The van der Waals surface area contributed by atoms with Crippen molar-refractivity contribution in [2.45, 2.75) is 19.3 Å². The van der Waals surface area contributed by atoms with E-state index in [4.69, 9.17) is 30.5 Å². The Balaban J connectivity index is 0.000000934. The number of ether oxygens (including phenoxy) is 2. The number of carboxylic acids is 1. The molecule has 12 nitrogen and oxygen atoms in total. The second-order valence-electron chi connectivity index (χ2n) is 7.83. The zero-order valence-electron chi connectivity index (χ0n) is 20.6. The molecular weight excluding hydrogens is 497 g/mol. The zero-order chi connectivity index (χ0) is 27.7. The Kier molecular flexibility index (Phi) is 9.24. The van der Waals surface area contributed by atoms with Crippen molar-refractivity contribution in [1.29, 1.82) is 5.41 Å². The molecule has 2 aromatic carbocycles. The maximum Gasteiger partial charge on any atom is 0.350 e. The second kappa shape index (κ2) is 12.8. The molecule has 2 aromatic heterocycles. The Morgan fingerprint density at radius 2 is 1.84 bits per heavy atom. The third kappa shape index (κ3) is 7.00. The summed E-state index contributed by atoms with van der Waals surface area (Å²) in [5.41, 5.74) is 7.36. The molecule has 2 heterocycles. The minimum absolute atomic E-state index is 0.0257. The number of aromatic amines is 1. The molecular formula is C25H26FN7O5. The van der Waals surface area contributed by atoms with E-state index >= 15 is 0 Å². The zero-order valence-corrected chi connectivity index (χ0v) is 20.6. The number of H-pyrrole nitrogens is 1. The summed E-state index contributed by atoms with van der Waals surface area (Å²) < 4.78 is 24.2. The van der Waals surface area contributed by atoms with Crippen LogP contribution < -0.4 is 20.9 Å². The van der Waals surface area contributed by atoms with Crippen LogP contribution in [0.5, 0.6) is 11.5 Å². The summed E-state index contributed by atoms with van der Waals surface area (Å²) in [5, 5.41) is 19.5. The third-order valence-electron chi connectivity index (χ3n) is 5.21. The lowest BCUT2D eigenvalue weighted by molar-refractivity contribution is -0.134. The van der Waals surface area contributed by atoms with Gasteiger partial charge in [-0.05, 0) is 35.7 Å². The highest BCUT2D eigenvalue weighted by atomic mass is 19.1. The lowest BCUT2D eigenvalue weighted by atomic mass is 9.90. The number of nitrogens with zero attached hydrogens (tertiary/aromatic N) is 4. The number of methoxy groups -OCH3 is 1. The first-order valence-corrected chi connectivity index (χ1v) is 11.2. The molecule has 1 atom stereocenters. The van der Waals surface area contributed by atoms with Crippen molar-refractivity contribution in [2.24, 2.45) is 5.73 Å². The molecule has 0 fully saturated rings. The molecule has 0 aliphatic carbocycles. The van der Waals surface area contributed by atoms with Crippen molar-refractivity contribution in [3.8, 4) is 17.4 Å². The Hall–Kier alpha value is -5.07. The van der Waals surface area contributed by atoms with Gasteiger partial charge in [0.1, 0.15) is 11.7 Å². The number of nitrogen functional groups attached to an aromatic ring is 1. The summed E-state index contributed by atoms with van der Waals surface area (Å²) >= 11 is 0. The van der Waals surface area contributed by atoms with E-state index in [1.807, 2.05) is 12.1 Å². The molecule has 0 saturated heterocycles. The van der Waals surface area contributed by atoms with E-state index < -0.39 is 24.4 Å². The number of benzene rings is 2. The van der Waals surface area contributed by atoms with Crippen LogP contribution in [-0.4, -0.2) is 55.6 Å². The molecule has 5 N–H and O–H groups in total. The number of hydrogen-bond acceptors (Lipinski definition) is 8. The van der Waals surface area contributed by atoms with E-state index in [2.05, 4.69) is 20.1 Å². The van der Waals surface area contributed by atoms with E-state index in [0.29, 0.717) is 23.6 Å². The smallest absolute Gasteiger partial charge is 0.350 e. The van der Waals surface area contributed by atoms with Gasteiger partial charge in [0.2, 0.25) is 6.86 Å². The first kappa shape index (κ1) is 27.5. The molecule has 4 rings (SSSR count). The molecule has 0 aliphatic heterocycles. The molecule has 0 radical (unpaired) electrons. The fraction of sp³-hybridized carbons (Fsp3) is 0.200. The van der Waals surface area contributed by atoms with E-state index in [1.54, 1.807) is 36.4 Å². The number of aliphatic carboxylic acids is 1. The molecule has 0 spiro atoms. The number of carboxylic acid groups (broad SMARTS) is 1. The Labute approximate surface area is 216 Å². The lowest BCUT2D eigenvalue weighted by Gasteiger charge is -2.17. The predicted octanol–water partition coefficient (Wildman–Crippen LogP) is 2.41. The van der Waals surface area contributed by atoms with Crippen LogP contribution in [0.15, 0.2) is 65.7 Å². The topological polar surface area (TPSA) is 182 Å². The fourth-order valence-corrected chi connectivity index (χ4v) is 3.54. The summed E-state index contributed by atoms with van der Waals surface area (Å²) in [6.07, 6.45) is 3.49. The predicted molar refractivity (Wildman–Crippen MR) is 136 cm³/mol. The van der Waals surface area contributed by atoms with E-state index in [9.17, 15) is 9.18 Å². The standard InChI is InChI=1S/C23H22FN7O3.C2H4O2/c1-33-19-12-16(7-8-18(19)34-13-24)17(11-14-3-5-15(6-4-14)20(25)26)21-29-23(32)31(30-21)22-27-9-2-10-28-22;1-2(3)4/h2-10,12,17H,11,13H2,1H3,(H3,25,26)(H,29,30,32);1H3,(H,3,4). The fourth-order valence-electron chi connectivity index (χ4n) is 3.54. The molecule has 198 valence electrons. The number of rotatable bonds is 9. The second-order valence-corrected chi connectivity index (χ2v) is 7.83. The van der Waals surface area contributed by atoms with Gasteiger partial charge in [-0.2, -0.15) is 0 Å². The third-order valence-corrected chi connectivity index (χ3v) is 5.21. The maximum absolute atomic E-state index is 12.7. The minimum Gasteiger partial charge on any atom is -0.493 e. The Morgan fingerprint density at radius 3 is 2.42 bits per heavy atom. The average molecular weight is 524 g/mol. The first-order valence-electron chi connectivity index (χ1n) is 11.2. The maximum atomic E-state index is 12.7. The van der Waals surface area contributed by atoms with Crippen LogP contribution in [0.25, 0.3) is 5.95 Å². The summed E-state index contributed by atoms with van der Waals surface area (Å²) in [4.78, 5) is 32.6. The van der Waals surface area contributed by atoms with Crippen LogP contribution in [0, 0.1) is 5.41 Å². The number of hydrogen-bond donors (Lipinski definition) is 4. The molecule has 13 heteroatoms. The van der Waals surface area contributed by atoms with E-state index in [-0.39, 0.29) is 17.5 Å². The highest BCUT2D eigenvalue weighted by Crippen LogP contribution is 2.34. The van der Waals surface area contributed by atoms with Gasteiger partial charge >= 0.3 is 5.69 Å². The number of halogens is 1. The monoisotopic (exact) mass is 523 g/mol. The van der Waals surface area contributed by atoms with E-state index in [1.165, 1.54) is 19.5 Å². The molecule has 0 saturated carbocycles. The van der Waals surface area contributed by atoms with Gasteiger partial charge in [-0.1, -0.05) is 30.3 Å². The van der Waals surface area contributed by atoms with Gasteiger partial charge in [-0.3, -0.25) is 15.2 Å². The molecule has 0 aliphatic rings. The van der Waals surface area contributed by atoms with Crippen molar-refractivity contribution in [2.75, 3.05) is 14.0 Å². The van der Waals surface area contributed by atoms with Crippen LogP contribution in [0.2, 0.25) is 0 Å². The van der Waals surface area contributed by atoms with E-state index in [0.717, 1.165) is 22.7 Å².